The van der Waals surface area contributed by atoms with E-state index in [4.69, 9.17) is 23.8 Å². The summed E-state index contributed by atoms with van der Waals surface area (Å²) >= 11 is 12.1. The number of nitrogens with one attached hydrogen (secondary N) is 1. The molecule has 2 amide bonds. The highest BCUT2D eigenvalue weighted by Crippen LogP contribution is 2.33. The van der Waals surface area contributed by atoms with Gasteiger partial charge in [-0.3, -0.25) is 14.5 Å². The highest BCUT2D eigenvalue weighted by molar-refractivity contribution is 8.26. The maximum atomic E-state index is 13.0. The van der Waals surface area contributed by atoms with E-state index in [9.17, 15) is 19.1 Å². The lowest BCUT2D eigenvalue weighted by Gasteiger charge is -2.14. The van der Waals surface area contributed by atoms with Crippen molar-refractivity contribution < 1.29 is 19.1 Å². The van der Waals surface area contributed by atoms with Gasteiger partial charge in [0.15, 0.2) is 0 Å². The zero-order valence-corrected chi connectivity index (χ0v) is 16.0. The van der Waals surface area contributed by atoms with Crippen LogP contribution in [0.5, 0.6) is 5.75 Å². The van der Waals surface area contributed by atoms with E-state index >= 15 is 0 Å². The standard InChI is InChI=1S/C18H12ClFN2O3S2/c19-11-3-6-14(23)13(8-11)21-16(24)9-22-17(25)15(27-18(22)26)7-10-1-4-12(20)5-2-10/h1-8,23H,9H2,(H,21,24)/b15-7-. The summed E-state index contributed by atoms with van der Waals surface area (Å²) in [5, 5.41) is 12.6. The lowest BCUT2D eigenvalue weighted by atomic mass is 10.2. The minimum atomic E-state index is -0.535. The smallest absolute Gasteiger partial charge is 0.266 e. The Kier molecular flexibility index (Phi) is 5.79. The minimum absolute atomic E-state index is 0.139. The number of aromatic hydroxyl groups is 1. The van der Waals surface area contributed by atoms with Crippen LogP contribution in [0.15, 0.2) is 47.4 Å². The number of nitrogens with zero attached hydrogens (tertiary/aromatic N) is 1. The zero-order chi connectivity index (χ0) is 19.6. The van der Waals surface area contributed by atoms with E-state index in [1.807, 2.05) is 0 Å². The first-order chi connectivity index (χ1) is 12.8. The number of hydrogen-bond donors (Lipinski definition) is 2. The van der Waals surface area contributed by atoms with Crippen LogP contribution in [0, 0.1) is 5.82 Å². The molecule has 2 N–H and O–H groups in total. The summed E-state index contributed by atoms with van der Waals surface area (Å²) in [5.74, 6) is -1.47. The average Bonchev–Trinajstić information content (AvgIpc) is 2.87. The molecule has 138 valence electrons. The number of thiocarbonyl (C=S) groups is 1. The summed E-state index contributed by atoms with van der Waals surface area (Å²) < 4.78 is 13.2. The van der Waals surface area contributed by atoms with Gasteiger partial charge >= 0.3 is 0 Å². The normalized spacial score (nSPS) is 15.5. The Balaban J connectivity index is 1.71. The fourth-order valence-corrected chi connectivity index (χ4v) is 3.72. The number of phenols is 1. The maximum absolute atomic E-state index is 13.0. The topological polar surface area (TPSA) is 69.6 Å². The van der Waals surface area contributed by atoms with Gasteiger partial charge in [0.2, 0.25) is 5.91 Å². The molecule has 1 fully saturated rings. The molecule has 27 heavy (non-hydrogen) atoms. The van der Waals surface area contributed by atoms with Crippen molar-refractivity contribution in [3.63, 3.8) is 0 Å². The molecule has 3 rings (SSSR count). The Morgan fingerprint density at radius 3 is 2.70 bits per heavy atom. The molecule has 1 aliphatic rings. The summed E-state index contributed by atoms with van der Waals surface area (Å²) in [6.07, 6.45) is 1.58. The van der Waals surface area contributed by atoms with Crippen LogP contribution in [0.1, 0.15) is 5.56 Å². The zero-order valence-electron chi connectivity index (χ0n) is 13.6. The van der Waals surface area contributed by atoms with Crippen LogP contribution in [-0.4, -0.2) is 32.7 Å². The average molecular weight is 423 g/mol. The Morgan fingerprint density at radius 1 is 1.30 bits per heavy atom. The summed E-state index contributed by atoms with van der Waals surface area (Å²) in [6.45, 7) is -0.308. The number of benzene rings is 2. The second kappa shape index (κ2) is 8.08. The number of thioether (sulfide) groups is 1. The van der Waals surface area contributed by atoms with Gasteiger partial charge in [-0.1, -0.05) is 47.7 Å². The lowest BCUT2D eigenvalue weighted by Crippen LogP contribution is -2.36. The fourth-order valence-electron chi connectivity index (χ4n) is 2.29. The molecule has 0 atom stereocenters. The molecule has 0 unspecified atom stereocenters. The summed E-state index contributed by atoms with van der Waals surface area (Å²) in [7, 11) is 0. The van der Waals surface area contributed by atoms with Gasteiger partial charge in [-0.2, -0.15) is 0 Å². The molecule has 0 aliphatic carbocycles. The number of hydrogen-bond acceptors (Lipinski definition) is 5. The van der Waals surface area contributed by atoms with E-state index in [0.717, 1.165) is 16.7 Å². The van der Waals surface area contributed by atoms with Crippen LogP contribution < -0.4 is 5.32 Å². The predicted molar refractivity (Wildman–Crippen MR) is 108 cm³/mol. The van der Waals surface area contributed by atoms with Gasteiger partial charge in [-0.15, -0.1) is 0 Å². The molecule has 2 aromatic rings. The molecule has 0 radical (unpaired) electrons. The lowest BCUT2D eigenvalue weighted by molar-refractivity contribution is -0.126. The number of anilines is 1. The minimum Gasteiger partial charge on any atom is -0.506 e. The number of rotatable bonds is 4. The molecule has 1 heterocycles. The van der Waals surface area contributed by atoms with Crippen LogP contribution >= 0.6 is 35.6 Å². The summed E-state index contributed by atoms with van der Waals surface area (Å²) in [5.41, 5.74) is 0.782. The molecule has 0 saturated carbocycles. The number of carbonyl (C=O) groups is 2. The van der Waals surface area contributed by atoms with Crippen molar-refractivity contribution in [2.24, 2.45) is 0 Å². The van der Waals surface area contributed by atoms with Crippen molar-refractivity contribution in [2.45, 2.75) is 0 Å². The highest BCUT2D eigenvalue weighted by atomic mass is 35.5. The molecule has 9 heteroatoms. The molecule has 0 bridgehead atoms. The van der Waals surface area contributed by atoms with Gasteiger partial charge < -0.3 is 10.4 Å². The molecule has 1 saturated heterocycles. The second-order valence-corrected chi connectivity index (χ2v) is 7.64. The van der Waals surface area contributed by atoms with E-state index in [0.29, 0.717) is 15.5 Å². The van der Waals surface area contributed by atoms with E-state index in [2.05, 4.69) is 5.32 Å². The number of carbonyl (C=O) groups excluding carboxylic acids is 2. The van der Waals surface area contributed by atoms with Gasteiger partial charge in [-0.25, -0.2) is 4.39 Å². The number of amides is 2. The summed E-state index contributed by atoms with van der Waals surface area (Å²) in [4.78, 5) is 26.3. The third-order valence-corrected chi connectivity index (χ3v) is 5.19. The Morgan fingerprint density at radius 2 is 2.00 bits per heavy atom. The van der Waals surface area contributed by atoms with E-state index in [-0.39, 0.29) is 28.1 Å². The quantitative estimate of drug-likeness (QED) is 0.442. The van der Waals surface area contributed by atoms with Gasteiger partial charge in [0.25, 0.3) is 5.91 Å². The van der Waals surface area contributed by atoms with Crippen molar-refractivity contribution in [3.8, 4) is 5.75 Å². The van der Waals surface area contributed by atoms with Crippen LogP contribution in [0.3, 0.4) is 0 Å². The highest BCUT2D eigenvalue weighted by Gasteiger charge is 2.33. The number of halogens is 2. The first-order valence-electron chi connectivity index (χ1n) is 7.63. The first kappa shape index (κ1) is 19.3. The SMILES string of the molecule is O=C(CN1C(=O)/C(=C/c2ccc(F)cc2)SC1=S)Nc1cc(Cl)ccc1O. The van der Waals surface area contributed by atoms with E-state index < -0.39 is 11.8 Å². The molecule has 5 nitrogen and oxygen atoms in total. The summed E-state index contributed by atoms with van der Waals surface area (Å²) in [6, 6.07) is 9.88. The largest absolute Gasteiger partial charge is 0.506 e. The van der Waals surface area contributed by atoms with E-state index in [1.54, 1.807) is 6.08 Å². The van der Waals surface area contributed by atoms with Crippen LogP contribution in [0.2, 0.25) is 5.02 Å². The van der Waals surface area contributed by atoms with Crippen LogP contribution in [0.4, 0.5) is 10.1 Å². The van der Waals surface area contributed by atoms with Gasteiger partial charge in [0, 0.05) is 5.02 Å². The predicted octanol–water partition coefficient (Wildman–Crippen LogP) is 4.02. The number of phenolic OH excluding ortho intramolecular Hbond substituents is 1. The van der Waals surface area contributed by atoms with Crippen molar-refractivity contribution >= 4 is 63.5 Å². The second-order valence-electron chi connectivity index (χ2n) is 5.53. The monoisotopic (exact) mass is 422 g/mol. The van der Waals surface area contributed by atoms with Crippen molar-refractivity contribution in [2.75, 3.05) is 11.9 Å². The van der Waals surface area contributed by atoms with Crippen LogP contribution in [-0.2, 0) is 9.59 Å². The van der Waals surface area contributed by atoms with Crippen molar-refractivity contribution in [1.82, 2.24) is 4.90 Å². The maximum Gasteiger partial charge on any atom is 0.266 e. The van der Waals surface area contributed by atoms with Crippen molar-refractivity contribution in [3.05, 3.63) is 63.8 Å². The third kappa shape index (κ3) is 4.65. The molecular formula is C18H12ClFN2O3S2. The van der Waals surface area contributed by atoms with Gasteiger partial charge in [-0.05, 0) is 42.0 Å². The molecule has 1 aliphatic heterocycles. The van der Waals surface area contributed by atoms with Gasteiger partial charge in [0.05, 0.1) is 10.6 Å². The first-order valence-corrected chi connectivity index (χ1v) is 9.23. The van der Waals surface area contributed by atoms with Crippen LogP contribution in [0.25, 0.3) is 6.08 Å². The van der Waals surface area contributed by atoms with Gasteiger partial charge in [0.1, 0.15) is 22.4 Å². The molecule has 2 aromatic carbocycles. The Hall–Kier alpha value is -2.42. The Labute approximate surface area is 168 Å². The molecule has 0 aromatic heterocycles. The third-order valence-electron chi connectivity index (χ3n) is 3.58. The van der Waals surface area contributed by atoms with Crippen molar-refractivity contribution in [1.29, 1.82) is 0 Å². The molecular weight excluding hydrogens is 411 g/mol. The van der Waals surface area contributed by atoms with E-state index in [1.165, 1.54) is 42.5 Å². The Bertz CT molecular complexity index is 964. The molecule has 0 spiro atoms. The fraction of sp³-hybridized carbons (Fsp3) is 0.0556.